The number of carbonyl (C=O) groups excluding carboxylic acids is 1. The Morgan fingerprint density at radius 2 is 2.26 bits per heavy atom. The highest BCUT2D eigenvalue weighted by Crippen LogP contribution is 2.23. The Kier molecular flexibility index (Phi) is 3.90. The van der Waals surface area contributed by atoms with Gasteiger partial charge in [0.2, 0.25) is 0 Å². The molecule has 0 atom stereocenters. The predicted octanol–water partition coefficient (Wildman–Crippen LogP) is 1.07. The third-order valence-electron chi connectivity index (χ3n) is 3.16. The van der Waals surface area contributed by atoms with Gasteiger partial charge in [0, 0.05) is 10.8 Å². The number of amides is 1. The maximum absolute atomic E-state index is 12.3. The van der Waals surface area contributed by atoms with Crippen LogP contribution in [0, 0.1) is 0 Å². The monoisotopic (exact) mass is 332 g/mol. The molecular weight excluding hydrogens is 316 g/mol. The zero-order valence-corrected chi connectivity index (χ0v) is 13.8. The number of aromatic nitrogens is 7. The molecule has 0 bridgehead atoms. The van der Waals surface area contributed by atoms with Gasteiger partial charge in [-0.3, -0.25) is 9.89 Å². The van der Waals surface area contributed by atoms with Crippen molar-refractivity contribution in [2.45, 2.75) is 32.7 Å². The van der Waals surface area contributed by atoms with Crippen LogP contribution < -0.4 is 5.32 Å². The Hall–Kier alpha value is -2.62. The lowest BCUT2D eigenvalue weighted by Gasteiger charge is -2.14. The molecule has 0 radical (unpaired) electrons. The van der Waals surface area contributed by atoms with E-state index in [-0.39, 0.29) is 11.3 Å². The molecular formula is C13H16N8OS. The van der Waals surface area contributed by atoms with Gasteiger partial charge in [-0.1, -0.05) is 20.8 Å². The maximum atomic E-state index is 12.3. The average Bonchev–Trinajstić information content (AvgIpc) is 3.22. The lowest BCUT2D eigenvalue weighted by molar-refractivity contribution is 0.0950. The average molecular weight is 332 g/mol. The van der Waals surface area contributed by atoms with E-state index in [0.717, 1.165) is 10.7 Å². The Bertz CT molecular complexity index is 798. The zero-order valence-electron chi connectivity index (χ0n) is 12.9. The van der Waals surface area contributed by atoms with Crippen LogP contribution in [0.15, 0.2) is 17.9 Å². The Morgan fingerprint density at radius 1 is 1.43 bits per heavy atom. The van der Waals surface area contributed by atoms with Crippen molar-refractivity contribution in [3.05, 3.63) is 34.2 Å². The highest BCUT2D eigenvalue weighted by Gasteiger charge is 2.19. The summed E-state index contributed by atoms with van der Waals surface area (Å²) in [6.45, 7) is 6.68. The van der Waals surface area contributed by atoms with Crippen LogP contribution in [-0.4, -0.2) is 41.3 Å². The molecule has 3 rings (SSSR count). The quantitative estimate of drug-likeness (QED) is 0.738. The minimum absolute atomic E-state index is 0.00339. The van der Waals surface area contributed by atoms with E-state index in [4.69, 9.17) is 0 Å². The number of nitrogens with zero attached hydrogens (tertiary/aromatic N) is 6. The molecule has 3 heterocycles. The molecule has 0 aliphatic carbocycles. The number of hydrogen-bond acceptors (Lipinski definition) is 7. The summed E-state index contributed by atoms with van der Waals surface area (Å²) in [7, 11) is 0. The third kappa shape index (κ3) is 3.26. The molecule has 9 nitrogen and oxygen atoms in total. The molecule has 0 aromatic carbocycles. The number of tetrazole rings is 1. The highest BCUT2D eigenvalue weighted by atomic mass is 32.1. The number of hydrogen-bond donors (Lipinski definition) is 2. The topological polar surface area (TPSA) is 114 Å². The van der Waals surface area contributed by atoms with Crippen LogP contribution >= 0.6 is 11.3 Å². The maximum Gasteiger partial charge on any atom is 0.257 e. The van der Waals surface area contributed by atoms with Crippen molar-refractivity contribution in [2.75, 3.05) is 0 Å². The van der Waals surface area contributed by atoms with Gasteiger partial charge >= 0.3 is 0 Å². The molecule has 120 valence electrons. The van der Waals surface area contributed by atoms with Crippen molar-refractivity contribution < 1.29 is 4.79 Å². The molecule has 0 saturated carbocycles. The SMILES string of the molecule is CC(C)(C)c1csc(CNC(=O)c2cn[nH]c2-n2cnnn2)n1. The lowest BCUT2D eigenvalue weighted by Crippen LogP contribution is -2.24. The van der Waals surface area contributed by atoms with Crippen molar-refractivity contribution in [2.24, 2.45) is 0 Å². The van der Waals surface area contributed by atoms with E-state index < -0.39 is 0 Å². The fourth-order valence-corrected chi connectivity index (χ4v) is 2.83. The first kappa shape index (κ1) is 15.3. The van der Waals surface area contributed by atoms with E-state index in [1.807, 2.05) is 5.38 Å². The van der Waals surface area contributed by atoms with E-state index >= 15 is 0 Å². The first-order chi connectivity index (χ1) is 10.9. The van der Waals surface area contributed by atoms with E-state index in [1.54, 1.807) is 0 Å². The first-order valence-electron chi connectivity index (χ1n) is 6.95. The van der Waals surface area contributed by atoms with Crippen molar-refractivity contribution in [3.63, 3.8) is 0 Å². The van der Waals surface area contributed by atoms with Crippen LogP contribution in [-0.2, 0) is 12.0 Å². The molecule has 0 aliphatic rings. The van der Waals surface area contributed by atoms with E-state index in [9.17, 15) is 4.79 Å². The summed E-state index contributed by atoms with van der Waals surface area (Å²) in [6.07, 6.45) is 2.83. The van der Waals surface area contributed by atoms with Crippen molar-refractivity contribution >= 4 is 17.2 Å². The number of carbonyl (C=O) groups is 1. The molecule has 23 heavy (non-hydrogen) atoms. The van der Waals surface area contributed by atoms with Crippen molar-refractivity contribution in [3.8, 4) is 5.82 Å². The Balaban J connectivity index is 1.69. The second-order valence-electron chi connectivity index (χ2n) is 5.95. The van der Waals surface area contributed by atoms with Gasteiger partial charge in [-0.05, 0) is 10.4 Å². The van der Waals surface area contributed by atoms with Gasteiger partial charge < -0.3 is 5.32 Å². The molecule has 0 unspecified atom stereocenters. The fraction of sp³-hybridized carbons (Fsp3) is 0.385. The summed E-state index contributed by atoms with van der Waals surface area (Å²) in [5.74, 6) is 0.152. The van der Waals surface area contributed by atoms with Crippen LogP contribution in [0.5, 0.6) is 0 Å². The van der Waals surface area contributed by atoms with Crippen LogP contribution in [0.3, 0.4) is 0 Å². The van der Waals surface area contributed by atoms with Gasteiger partial charge in [0.15, 0.2) is 5.82 Å². The highest BCUT2D eigenvalue weighted by molar-refractivity contribution is 7.09. The largest absolute Gasteiger partial charge is 0.345 e. The molecule has 0 saturated heterocycles. The molecule has 10 heteroatoms. The molecule has 2 N–H and O–H groups in total. The summed E-state index contributed by atoms with van der Waals surface area (Å²) < 4.78 is 1.35. The smallest absolute Gasteiger partial charge is 0.257 e. The third-order valence-corrected chi connectivity index (χ3v) is 4.01. The summed E-state index contributed by atoms with van der Waals surface area (Å²) >= 11 is 1.53. The lowest BCUT2D eigenvalue weighted by atomic mass is 9.93. The number of aromatic amines is 1. The molecule has 3 aromatic rings. The predicted molar refractivity (Wildman–Crippen MR) is 83.3 cm³/mol. The van der Waals surface area contributed by atoms with Gasteiger partial charge in [0.1, 0.15) is 16.9 Å². The van der Waals surface area contributed by atoms with Gasteiger partial charge in [0.25, 0.3) is 5.91 Å². The molecule has 1 amide bonds. The Morgan fingerprint density at radius 3 is 2.91 bits per heavy atom. The second-order valence-corrected chi connectivity index (χ2v) is 6.89. The first-order valence-corrected chi connectivity index (χ1v) is 7.83. The summed E-state index contributed by atoms with van der Waals surface area (Å²) in [4.78, 5) is 16.9. The van der Waals surface area contributed by atoms with Crippen LogP contribution in [0.25, 0.3) is 5.82 Å². The Labute approximate surface area is 136 Å². The van der Waals surface area contributed by atoms with Gasteiger partial charge in [-0.25, -0.2) is 4.98 Å². The molecule has 0 aliphatic heterocycles. The van der Waals surface area contributed by atoms with Gasteiger partial charge in [0.05, 0.1) is 18.4 Å². The standard InChI is InChI=1S/C13H16N8OS/c1-13(2,3)9-6-23-10(17-9)5-14-12(22)8-4-15-18-11(8)21-7-16-19-20-21/h4,6-7H,5H2,1-3H3,(H,14,22)(H,15,18). The fourth-order valence-electron chi connectivity index (χ4n) is 1.87. The van der Waals surface area contributed by atoms with E-state index in [2.05, 4.69) is 56.8 Å². The number of rotatable bonds is 4. The van der Waals surface area contributed by atoms with Crippen molar-refractivity contribution in [1.29, 1.82) is 0 Å². The summed E-state index contributed by atoms with van der Waals surface area (Å²) in [5, 5.41) is 23.1. The van der Waals surface area contributed by atoms with E-state index in [1.165, 1.54) is 28.5 Å². The summed E-state index contributed by atoms with van der Waals surface area (Å²) in [5.41, 5.74) is 1.38. The van der Waals surface area contributed by atoms with Gasteiger partial charge in [-0.15, -0.1) is 16.4 Å². The normalized spacial score (nSPS) is 11.6. The van der Waals surface area contributed by atoms with E-state index in [0.29, 0.717) is 17.9 Å². The minimum Gasteiger partial charge on any atom is -0.345 e. The van der Waals surface area contributed by atoms with Crippen LogP contribution in [0.2, 0.25) is 0 Å². The summed E-state index contributed by atoms with van der Waals surface area (Å²) in [6, 6.07) is 0. The number of thiazole rings is 1. The minimum atomic E-state index is -0.267. The molecule has 0 fully saturated rings. The van der Waals surface area contributed by atoms with Crippen LogP contribution in [0.4, 0.5) is 0 Å². The molecule has 0 spiro atoms. The zero-order chi connectivity index (χ0) is 16.4. The van der Waals surface area contributed by atoms with Gasteiger partial charge in [-0.2, -0.15) is 9.78 Å². The van der Waals surface area contributed by atoms with Crippen LogP contribution in [0.1, 0.15) is 41.8 Å². The van der Waals surface area contributed by atoms with Crippen molar-refractivity contribution in [1.82, 2.24) is 40.7 Å². The number of H-pyrrole nitrogens is 1. The molecule has 3 aromatic heterocycles. The number of nitrogens with one attached hydrogen (secondary N) is 2. The second kappa shape index (κ2) is 5.88.